The third-order valence-electron chi connectivity index (χ3n) is 4.39. The number of hydrogen-bond donors (Lipinski definition) is 2. The van der Waals surface area contributed by atoms with Gasteiger partial charge in [0.1, 0.15) is 5.75 Å². The second-order valence-electron chi connectivity index (χ2n) is 6.85. The molecule has 1 heterocycles. The molecule has 1 saturated heterocycles. The van der Waals surface area contributed by atoms with E-state index in [2.05, 4.69) is 15.6 Å². The normalized spacial score (nSPS) is 15.5. The quantitative estimate of drug-likeness (QED) is 0.415. The zero-order valence-corrected chi connectivity index (χ0v) is 19.4. The number of ether oxygens (including phenoxy) is 1. The molecule has 1 aliphatic heterocycles. The first-order valence-corrected chi connectivity index (χ1v) is 11.4. The second kappa shape index (κ2) is 10.6. The molecule has 3 aromatic rings. The van der Waals surface area contributed by atoms with Gasteiger partial charge in [-0.05, 0) is 65.9 Å². The van der Waals surface area contributed by atoms with Gasteiger partial charge in [0, 0.05) is 5.69 Å². The molecule has 2 N–H and O–H groups in total. The van der Waals surface area contributed by atoms with Crippen molar-refractivity contribution in [3.05, 3.63) is 93.3 Å². The SMILES string of the molecule is O=C(COc1ccc(/C=C2/SC(=Nc3ccccc3)NC2=O)cc1)Nc1ccc(Cl)c(Cl)c1. The van der Waals surface area contributed by atoms with Crippen LogP contribution in [-0.2, 0) is 9.59 Å². The zero-order chi connectivity index (χ0) is 23.2. The number of carbonyl (C=O) groups is 2. The number of amidine groups is 1. The largest absolute Gasteiger partial charge is 0.484 e. The lowest BCUT2D eigenvalue weighted by Gasteiger charge is -2.08. The molecule has 166 valence electrons. The Hall–Kier alpha value is -3.26. The summed E-state index contributed by atoms with van der Waals surface area (Å²) in [5, 5.41) is 6.75. The summed E-state index contributed by atoms with van der Waals surface area (Å²) < 4.78 is 5.53. The lowest BCUT2D eigenvalue weighted by molar-refractivity contribution is -0.118. The maximum Gasteiger partial charge on any atom is 0.264 e. The molecule has 0 atom stereocenters. The second-order valence-corrected chi connectivity index (χ2v) is 8.70. The summed E-state index contributed by atoms with van der Waals surface area (Å²) in [6.45, 7) is -0.168. The molecule has 0 spiro atoms. The minimum Gasteiger partial charge on any atom is -0.484 e. The Morgan fingerprint density at radius 2 is 1.79 bits per heavy atom. The van der Waals surface area contributed by atoms with E-state index in [0.29, 0.717) is 31.6 Å². The van der Waals surface area contributed by atoms with Crippen LogP contribution in [0.3, 0.4) is 0 Å². The predicted octanol–water partition coefficient (Wildman–Crippen LogP) is 5.90. The van der Waals surface area contributed by atoms with Crippen LogP contribution < -0.4 is 15.4 Å². The number of thioether (sulfide) groups is 1. The van der Waals surface area contributed by atoms with Crippen molar-refractivity contribution in [3.8, 4) is 5.75 Å². The highest BCUT2D eigenvalue weighted by atomic mass is 35.5. The van der Waals surface area contributed by atoms with Crippen LogP contribution in [0, 0.1) is 0 Å². The minimum absolute atomic E-state index is 0.168. The van der Waals surface area contributed by atoms with E-state index >= 15 is 0 Å². The number of hydrogen-bond acceptors (Lipinski definition) is 5. The fraction of sp³-hybridized carbons (Fsp3) is 0.0417. The summed E-state index contributed by atoms with van der Waals surface area (Å²) in [6.07, 6.45) is 1.77. The smallest absolute Gasteiger partial charge is 0.264 e. The highest BCUT2D eigenvalue weighted by Gasteiger charge is 2.23. The van der Waals surface area contributed by atoms with E-state index < -0.39 is 0 Å². The molecule has 1 aliphatic rings. The van der Waals surface area contributed by atoms with E-state index in [1.807, 2.05) is 30.3 Å². The van der Waals surface area contributed by atoms with E-state index in [4.69, 9.17) is 27.9 Å². The van der Waals surface area contributed by atoms with Crippen LogP contribution >= 0.6 is 35.0 Å². The average Bonchev–Trinajstić information content (AvgIpc) is 3.15. The van der Waals surface area contributed by atoms with Crippen molar-refractivity contribution in [2.75, 3.05) is 11.9 Å². The van der Waals surface area contributed by atoms with E-state index in [1.54, 1.807) is 48.5 Å². The van der Waals surface area contributed by atoms with Crippen molar-refractivity contribution < 1.29 is 14.3 Å². The van der Waals surface area contributed by atoms with Gasteiger partial charge < -0.3 is 15.4 Å². The number of halogens is 2. The minimum atomic E-state index is -0.330. The summed E-state index contributed by atoms with van der Waals surface area (Å²) in [4.78, 5) is 29.3. The summed E-state index contributed by atoms with van der Waals surface area (Å²) in [5.74, 6) is -0.00545. The summed E-state index contributed by atoms with van der Waals surface area (Å²) in [7, 11) is 0. The van der Waals surface area contributed by atoms with Crippen molar-refractivity contribution in [3.63, 3.8) is 0 Å². The fourth-order valence-corrected chi connectivity index (χ4v) is 3.97. The molecule has 0 bridgehead atoms. The van der Waals surface area contributed by atoms with Gasteiger partial charge in [-0.15, -0.1) is 0 Å². The number of rotatable bonds is 6. The van der Waals surface area contributed by atoms with Crippen molar-refractivity contribution in [2.45, 2.75) is 0 Å². The number of anilines is 1. The molecule has 0 aromatic heterocycles. The third kappa shape index (κ3) is 6.38. The van der Waals surface area contributed by atoms with Crippen LogP contribution in [-0.4, -0.2) is 23.6 Å². The first-order valence-electron chi connectivity index (χ1n) is 9.79. The van der Waals surface area contributed by atoms with Gasteiger partial charge in [0.05, 0.1) is 20.6 Å². The Bertz CT molecular complexity index is 1250. The van der Waals surface area contributed by atoms with Gasteiger partial charge >= 0.3 is 0 Å². The molecule has 6 nitrogen and oxygen atoms in total. The van der Waals surface area contributed by atoms with Crippen molar-refractivity contribution in [2.24, 2.45) is 4.99 Å². The van der Waals surface area contributed by atoms with Gasteiger partial charge in [0.25, 0.3) is 11.8 Å². The molecule has 0 aliphatic carbocycles. The maximum absolute atomic E-state index is 12.2. The highest BCUT2D eigenvalue weighted by Crippen LogP contribution is 2.28. The third-order valence-corrected chi connectivity index (χ3v) is 6.04. The number of benzene rings is 3. The standard InChI is InChI=1S/C24H17Cl2N3O3S/c25-19-11-8-17(13-20(19)26)27-22(30)14-32-18-9-6-15(7-10-18)12-21-23(31)29-24(33-21)28-16-4-2-1-3-5-16/h1-13H,14H2,(H,27,30)(H,28,29,31)/b21-12+. The van der Waals surface area contributed by atoms with Gasteiger partial charge in [0.15, 0.2) is 11.8 Å². The Morgan fingerprint density at radius 1 is 1.03 bits per heavy atom. The van der Waals surface area contributed by atoms with Crippen LogP contribution in [0.15, 0.2) is 82.7 Å². The number of para-hydroxylation sites is 1. The lowest BCUT2D eigenvalue weighted by atomic mass is 10.2. The highest BCUT2D eigenvalue weighted by molar-refractivity contribution is 8.18. The molecule has 3 aromatic carbocycles. The Kier molecular flexibility index (Phi) is 7.34. The molecule has 9 heteroatoms. The van der Waals surface area contributed by atoms with Crippen molar-refractivity contribution >= 4 is 69.4 Å². The zero-order valence-electron chi connectivity index (χ0n) is 17.0. The number of amides is 2. The maximum atomic E-state index is 12.2. The Balaban J connectivity index is 1.33. The first kappa shape index (κ1) is 22.9. The van der Waals surface area contributed by atoms with Gasteiger partial charge in [-0.3, -0.25) is 9.59 Å². The lowest BCUT2D eigenvalue weighted by Crippen LogP contribution is -2.20. The number of carbonyl (C=O) groups excluding carboxylic acids is 2. The Labute approximate surface area is 204 Å². The average molecular weight is 498 g/mol. The molecule has 0 radical (unpaired) electrons. The molecule has 1 fully saturated rings. The molecular formula is C24H17Cl2N3O3S. The fourth-order valence-electron chi connectivity index (χ4n) is 2.83. The van der Waals surface area contributed by atoms with Crippen molar-refractivity contribution in [1.29, 1.82) is 0 Å². The van der Waals surface area contributed by atoms with Gasteiger partial charge in [-0.1, -0.05) is 53.5 Å². The molecular weight excluding hydrogens is 481 g/mol. The molecule has 0 saturated carbocycles. The van der Waals surface area contributed by atoms with Gasteiger partial charge in [-0.2, -0.15) is 0 Å². The Morgan fingerprint density at radius 3 is 2.52 bits per heavy atom. The van der Waals surface area contributed by atoms with Gasteiger partial charge in [0.2, 0.25) is 0 Å². The molecule has 0 unspecified atom stereocenters. The van der Waals surface area contributed by atoms with Crippen LogP contribution in [0.5, 0.6) is 5.75 Å². The van der Waals surface area contributed by atoms with Crippen molar-refractivity contribution in [1.82, 2.24) is 5.32 Å². The van der Waals surface area contributed by atoms with Crippen LogP contribution in [0.1, 0.15) is 5.56 Å². The summed E-state index contributed by atoms with van der Waals surface area (Å²) >= 11 is 13.1. The summed E-state index contributed by atoms with van der Waals surface area (Å²) in [5.41, 5.74) is 2.12. The molecule has 4 rings (SSSR count). The number of aliphatic imine (C=N–C) groups is 1. The summed E-state index contributed by atoms with van der Waals surface area (Å²) in [6, 6.07) is 21.3. The number of nitrogens with zero attached hydrogens (tertiary/aromatic N) is 1. The van der Waals surface area contributed by atoms with E-state index in [1.165, 1.54) is 11.8 Å². The van der Waals surface area contributed by atoms with Crippen LogP contribution in [0.25, 0.3) is 6.08 Å². The monoisotopic (exact) mass is 497 g/mol. The first-order chi connectivity index (χ1) is 16.0. The number of nitrogens with one attached hydrogen (secondary N) is 2. The predicted molar refractivity (Wildman–Crippen MR) is 134 cm³/mol. The molecule has 33 heavy (non-hydrogen) atoms. The van der Waals surface area contributed by atoms with Gasteiger partial charge in [-0.25, -0.2) is 4.99 Å². The van der Waals surface area contributed by atoms with Crippen LogP contribution in [0.2, 0.25) is 10.0 Å². The van der Waals surface area contributed by atoms with E-state index in [9.17, 15) is 9.59 Å². The van der Waals surface area contributed by atoms with E-state index in [0.717, 1.165) is 11.3 Å². The molecule has 2 amide bonds. The topological polar surface area (TPSA) is 79.8 Å². The van der Waals surface area contributed by atoms with Crippen LogP contribution in [0.4, 0.5) is 11.4 Å². The van der Waals surface area contributed by atoms with E-state index in [-0.39, 0.29) is 18.4 Å².